The van der Waals surface area contributed by atoms with Crippen molar-refractivity contribution in [2.45, 2.75) is 38.1 Å². The molecule has 0 aliphatic heterocycles. The summed E-state index contributed by atoms with van der Waals surface area (Å²) in [5, 5.41) is 3.05. The van der Waals surface area contributed by atoms with E-state index < -0.39 is 0 Å². The minimum Gasteiger partial charge on any atom is -0.352 e. The van der Waals surface area contributed by atoms with Crippen LogP contribution in [0.25, 0.3) is 0 Å². The predicted molar refractivity (Wildman–Crippen MR) is 73.0 cm³/mol. The van der Waals surface area contributed by atoms with Crippen LogP contribution in [-0.4, -0.2) is 11.9 Å². The molecule has 0 spiro atoms. The lowest BCUT2D eigenvalue weighted by atomic mass is 10.1. The Hall–Kier alpha value is -1.75. The van der Waals surface area contributed by atoms with Crippen molar-refractivity contribution < 1.29 is 4.79 Å². The van der Waals surface area contributed by atoms with E-state index in [1.807, 2.05) is 25.1 Å². The fraction of sp³-hybridized carbons (Fsp3) is 0.438. The van der Waals surface area contributed by atoms with Crippen LogP contribution in [0.2, 0.25) is 0 Å². The smallest absolute Gasteiger partial charge is 0.223 e. The second-order valence-corrected chi connectivity index (χ2v) is 4.88. The number of rotatable bonds is 5. The summed E-state index contributed by atoms with van der Waals surface area (Å²) in [5.74, 6) is 3.31. The van der Waals surface area contributed by atoms with Gasteiger partial charge in [0.2, 0.25) is 5.91 Å². The molecule has 94 valence electrons. The van der Waals surface area contributed by atoms with E-state index in [0.29, 0.717) is 12.3 Å². The van der Waals surface area contributed by atoms with E-state index in [4.69, 9.17) is 6.42 Å². The van der Waals surface area contributed by atoms with Crippen molar-refractivity contribution in [3.05, 3.63) is 35.9 Å². The summed E-state index contributed by atoms with van der Waals surface area (Å²) in [4.78, 5) is 12.1. The molecule has 1 fully saturated rings. The third kappa shape index (κ3) is 2.92. The molecule has 3 atom stereocenters. The molecule has 1 aromatic rings. The molecule has 1 aliphatic rings. The topological polar surface area (TPSA) is 29.1 Å². The molecule has 0 radical (unpaired) electrons. The van der Waals surface area contributed by atoms with Gasteiger partial charge in [-0.3, -0.25) is 4.79 Å². The Labute approximate surface area is 109 Å². The number of carbonyl (C=O) groups excluding carboxylic acids is 1. The molecule has 0 bridgehead atoms. The summed E-state index contributed by atoms with van der Waals surface area (Å²) in [6.45, 7) is 2.05. The summed E-state index contributed by atoms with van der Waals surface area (Å²) < 4.78 is 0. The van der Waals surface area contributed by atoms with Crippen molar-refractivity contribution >= 4 is 5.91 Å². The summed E-state index contributed by atoms with van der Waals surface area (Å²) in [7, 11) is 0. The van der Waals surface area contributed by atoms with Crippen molar-refractivity contribution in [1.29, 1.82) is 0 Å². The van der Waals surface area contributed by atoms with Crippen LogP contribution in [0.4, 0.5) is 0 Å². The molecule has 18 heavy (non-hydrogen) atoms. The fourth-order valence-electron chi connectivity index (χ4n) is 2.30. The highest BCUT2D eigenvalue weighted by atomic mass is 16.2. The van der Waals surface area contributed by atoms with Gasteiger partial charge < -0.3 is 5.32 Å². The minimum absolute atomic E-state index is 0.125. The molecule has 2 rings (SSSR count). The standard InChI is InChI=1S/C16H19NO/c1-3-8-13(4-2)17-16(18)15-11-14(15)12-9-6-5-7-10-12/h1,5-7,9-10,13-15H,4,8,11H2,2H3,(H,17,18). The average molecular weight is 241 g/mol. The Balaban J connectivity index is 1.88. The zero-order chi connectivity index (χ0) is 13.0. The lowest BCUT2D eigenvalue weighted by Crippen LogP contribution is -2.35. The highest BCUT2D eigenvalue weighted by Crippen LogP contribution is 2.47. The van der Waals surface area contributed by atoms with Gasteiger partial charge in [-0.2, -0.15) is 0 Å². The maximum absolute atomic E-state index is 12.1. The van der Waals surface area contributed by atoms with E-state index >= 15 is 0 Å². The van der Waals surface area contributed by atoms with Crippen LogP contribution >= 0.6 is 0 Å². The van der Waals surface area contributed by atoms with Crippen LogP contribution in [0.3, 0.4) is 0 Å². The maximum atomic E-state index is 12.1. The van der Waals surface area contributed by atoms with Gasteiger partial charge in [0.25, 0.3) is 0 Å². The van der Waals surface area contributed by atoms with Gasteiger partial charge in [-0.15, -0.1) is 12.3 Å². The quantitative estimate of drug-likeness (QED) is 0.789. The van der Waals surface area contributed by atoms with Gasteiger partial charge in [0.05, 0.1) is 0 Å². The number of nitrogens with one attached hydrogen (secondary N) is 1. The van der Waals surface area contributed by atoms with E-state index in [1.54, 1.807) is 0 Å². The maximum Gasteiger partial charge on any atom is 0.223 e. The normalized spacial score (nSPS) is 22.9. The second kappa shape index (κ2) is 5.73. The number of hydrogen-bond acceptors (Lipinski definition) is 1. The first-order valence-corrected chi connectivity index (χ1v) is 6.55. The number of carbonyl (C=O) groups is 1. The van der Waals surface area contributed by atoms with Crippen LogP contribution in [0.5, 0.6) is 0 Å². The molecule has 3 unspecified atom stereocenters. The molecule has 1 N–H and O–H groups in total. The first-order chi connectivity index (χ1) is 8.76. The fourth-order valence-corrected chi connectivity index (χ4v) is 2.30. The molecule has 0 saturated heterocycles. The molecule has 2 nitrogen and oxygen atoms in total. The average Bonchev–Trinajstić information content (AvgIpc) is 3.19. The SMILES string of the molecule is C#CCC(CC)NC(=O)C1CC1c1ccccc1. The molecule has 0 heterocycles. The second-order valence-electron chi connectivity index (χ2n) is 4.88. The number of amides is 1. The lowest BCUT2D eigenvalue weighted by Gasteiger charge is -2.14. The Morgan fingerprint density at radius 1 is 1.50 bits per heavy atom. The largest absolute Gasteiger partial charge is 0.352 e. The van der Waals surface area contributed by atoms with Crippen LogP contribution in [0.1, 0.15) is 37.7 Å². The number of terminal acetylenes is 1. The summed E-state index contributed by atoms with van der Waals surface area (Å²) in [6.07, 6.45) is 7.75. The van der Waals surface area contributed by atoms with Crippen LogP contribution in [0, 0.1) is 18.3 Å². The zero-order valence-electron chi connectivity index (χ0n) is 10.7. The Morgan fingerprint density at radius 3 is 2.83 bits per heavy atom. The Bertz CT molecular complexity index is 446. The molecule has 2 heteroatoms. The van der Waals surface area contributed by atoms with Gasteiger partial charge in [0.15, 0.2) is 0 Å². The van der Waals surface area contributed by atoms with Gasteiger partial charge >= 0.3 is 0 Å². The summed E-state index contributed by atoms with van der Waals surface area (Å²) >= 11 is 0. The summed E-state index contributed by atoms with van der Waals surface area (Å²) in [5.41, 5.74) is 1.27. The number of hydrogen-bond donors (Lipinski definition) is 1. The van der Waals surface area contributed by atoms with E-state index in [-0.39, 0.29) is 17.9 Å². The zero-order valence-corrected chi connectivity index (χ0v) is 10.7. The lowest BCUT2D eigenvalue weighted by molar-refractivity contribution is -0.123. The molecule has 1 aliphatic carbocycles. The van der Waals surface area contributed by atoms with Crippen molar-refractivity contribution in [2.24, 2.45) is 5.92 Å². The highest BCUT2D eigenvalue weighted by Gasteiger charge is 2.44. The van der Waals surface area contributed by atoms with Crippen molar-refractivity contribution in [3.63, 3.8) is 0 Å². The first kappa shape index (κ1) is 12.7. The monoisotopic (exact) mass is 241 g/mol. The summed E-state index contributed by atoms with van der Waals surface area (Å²) in [6, 6.07) is 10.4. The minimum atomic E-state index is 0.125. The molecule has 1 saturated carbocycles. The van der Waals surface area contributed by atoms with E-state index in [0.717, 1.165) is 12.8 Å². The van der Waals surface area contributed by atoms with E-state index in [1.165, 1.54) is 5.56 Å². The van der Waals surface area contributed by atoms with Crippen LogP contribution < -0.4 is 5.32 Å². The van der Waals surface area contributed by atoms with E-state index in [2.05, 4.69) is 23.4 Å². The predicted octanol–water partition coefficient (Wildman–Crippen LogP) is 2.71. The van der Waals surface area contributed by atoms with Crippen molar-refractivity contribution in [3.8, 4) is 12.3 Å². The Kier molecular flexibility index (Phi) is 4.04. The Morgan fingerprint density at radius 2 is 2.22 bits per heavy atom. The molecule has 1 amide bonds. The van der Waals surface area contributed by atoms with Gasteiger partial charge in [0, 0.05) is 18.4 Å². The third-order valence-corrected chi connectivity index (χ3v) is 3.56. The molecular weight excluding hydrogens is 222 g/mol. The van der Waals surface area contributed by atoms with Gasteiger partial charge in [-0.1, -0.05) is 37.3 Å². The van der Waals surface area contributed by atoms with E-state index in [9.17, 15) is 4.79 Å². The highest BCUT2D eigenvalue weighted by molar-refractivity contribution is 5.83. The molecular formula is C16H19NO. The van der Waals surface area contributed by atoms with Gasteiger partial charge in [-0.05, 0) is 24.3 Å². The van der Waals surface area contributed by atoms with Crippen molar-refractivity contribution in [1.82, 2.24) is 5.32 Å². The van der Waals surface area contributed by atoms with Gasteiger partial charge in [-0.25, -0.2) is 0 Å². The van der Waals surface area contributed by atoms with Crippen molar-refractivity contribution in [2.75, 3.05) is 0 Å². The van der Waals surface area contributed by atoms with Crippen LogP contribution in [-0.2, 0) is 4.79 Å². The van der Waals surface area contributed by atoms with Gasteiger partial charge in [0.1, 0.15) is 0 Å². The van der Waals surface area contributed by atoms with Crippen LogP contribution in [0.15, 0.2) is 30.3 Å². The number of benzene rings is 1. The first-order valence-electron chi connectivity index (χ1n) is 6.55. The molecule has 0 aromatic heterocycles. The third-order valence-electron chi connectivity index (χ3n) is 3.56. The molecule has 1 aromatic carbocycles.